The molecule has 0 bridgehead atoms. The summed E-state index contributed by atoms with van der Waals surface area (Å²) in [7, 11) is 0. The third kappa shape index (κ3) is 17.2. The number of terminal acetylenes is 1. The molecule has 0 rings (SSSR count). The van der Waals surface area contributed by atoms with Crippen LogP contribution < -0.4 is 0 Å². The van der Waals surface area contributed by atoms with Crippen LogP contribution in [0.15, 0.2) is 0 Å². The van der Waals surface area contributed by atoms with Gasteiger partial charge in [-0.2, -0.15) is 0 Å². The van der Waals surface area contributed by atoms with E-state index in [9.17, 15) is 4.79 Å². The highest BCUT2D eigenvalue weighted by atomic mass is 16.1. The van der Waals surface area contributed by atoms with E-state index in [-0.39, 0.29) is 0 Å². The average molecular weight is 264 g/mol. The standard InChI is InChI=1S/C18H32O/c1-2-3-4-5-6-7-8-9-10-11-12-13-14-15-16-17-18-19/h1,18H,3-17H2. The van der Waals surface area contributed by atoms with Gasteiger partial charge in [-0.15, -0.1) is 12.3 Å². The summed E-state index contributed by atoms with van der Waals surface area (Å²) >= 11 is 0. The number of aldehydes is 1. The Balaban J connectivity index is 2.91. The first-order chi connectivity index (χ1) is 9.41. The lowest BCUT2D eigenvalue weighted by molar-refractivity contribution is -0.107. The summed E-state index contributed by atoms with van der Waals surface area (Å²) in [4.78, 5) is 10.1. The normalized spacial score (nSPS) is 10.3. The fourth-order valence-corrected chi connectivity index (χ4v) is 2.40. The van der Waals surface area contributed by atoms with Crippen molar-refractivity contribution in [3.05, 3.63) is 0 Å². The summed E-state index contributed by atoms with van der Waals surface area (Å²) in [6.45, 7) is 0. The number of rotatable bonds is 15. The van der Waals surface area contributed by atoms with Gasteiger partial charge in [0, 0.05) is 12.8 Å². The van der Waals surface area contributed by atoms with Crippen LogP contribution in [-0.4, -0.2) is 6.29 Å². The molecule has 0 aliphatic rings. The van der Waals surface area contributed by atoms with Crippen LogP contribution in [0, 0.1) is 12.3 Å². The second kappa shape index (κ2) is 17.2. The fraction of sp³-hybridized carbons (Fsp3) is 0.833. The second-order valence-electron chi connectivity index (χ2n) is 5.51. The summed E-state index contributed by atoms with van der Waals surface area (Å²) < 4.78 is 0. The van der Waals surface area contributed by atoms with Crippen molar-refractivity contribution in [1.29, 1.82) is 0 Å². The van der Waals surface area contributed by atoms with Crippen LogP contribution in [0.4, 0.5) is 0 Å². The van der Waals surface area contributed by atoms with Crippen molar-refractivity contribution in [3.8, 4) is 12.3 Å². The van der Waals surface area contributed by atoms with Gasteiger partial charge in [0.25, 0.3) is 0 Å². The van der Waals surface area contributed by atoms with Crippen LogP contribution in [0.2, 0.25) is 0 Å². The number of hydrogen-bond donors (Lipinski definition) is 0. The first kappa shape index (κ1) is 18.2. The van der Waals surface area contributed by atoms with Gasteiger partial charge in [-0.1, -0.05) is 70.6 Å². The largest absolute Gasteiger partial charge is 0.303 e. The predicted octanol–water partition coefficient (Wildman–Crippen LogP) is 5.67. The zero-order valence-corrected chi connectivity index (χ0v) is 12.7. The van der Waals surface area contributed by atoms with E-state index in [1.165, 1.54) is 77.0 Å². The molecule has 0 aliphatic carbocycles. The topological polar surface area (TPSA) is 17.1 Å². The highest BCUT2D eigenvalue weighted by molar-refractivity contribution is 5.48. The van der Waals surface area contributed by atoms with Crippen molar-refractivity contribution < 1.29 is 4.79 Å². The molecular weight excluding hydrogens is 232 g/mol. The van der Waals surface area contributed by atoms with E-state index in [0.717, 1.165) is 25.5 Å². The predicted molar refractivity (Wildman–Crippen MR) is 84.2 cm³/mol. The maximum atomic E-state index is 10.1. The van der Waals surface area contributed by atoms with Crippen molar-refractivity contribution >= 4 is 6.29 Å². The molecule has 0 aliphatic heterocycles. The van der Waals surface area contributed by atoms with Gasteiger partial charge >= 0.3 is 0 Å². The summed E-state index contributed by atoms with van der Waals surface area (Å²) in [6, 6.07) is 0. The van der Waals surface area contributed by atoms with Crippen LogP contribution in [0.25, 0.3) is 0 Å². The highest BCUT2D eigenvalue weighted by Crippen LogP contribution is 2.13. The highest BCUT2D eigenvalue weighted by Gasteiger charge is 1.93. The summed E-state index contributed by atoms with van der Waals surface area (Å²) in [5, 5.41) is 0. The first-order valence-electron chi connectivity index (χ1n) is 8.29. The van der Waals surface area contributed by atoms with E-state index in [1.807, 2.05) is 0 Å². The lowest BCUT2D eigenvalue weighted by Gasteiger charge is -2.02. The Hall–Kier alpha value is -0.770. The molecule has 0 atom stereocenters. The van der Waals surface area contributed by atoms with E-state index >= 15 is 0 Å². The van der Waals surface area contributed by atoms with Gasteiger partial charge in [-0.3, -0.25) is 0 Å². The molecular formula is C18H32O. The number of hydrogen-bond acceptors (Lipinski definition) is 1. The lowest BCUT2D eigenvalue weighted by Crippen LogP contribution is -1.83. The Bertz CT molecular complexity index is 214. The Kier molecular flexibility index (Phi) is 16.5. The van der Waals surface area contributed by atoms with E-state index < -0.39 is 0 Å². The Labute approximate surface area is 120 Å². The first-order valence-corrected chi connectivity index (χ1v) is 8.29. The van der Waals surface area contributed by atoms with Gasteiger partial charge in [0.1, 0.15) is 6.29 Å². The minimum absolute atomic E-state index is 0.751. The number of carbonyl (C=O) groups excluding carboxylic acids is 1. The minimum Gasteiger partial charge on any atom is -0.303 e. The second-order valence-corrected chi connectivity index (χ2v) is 5.51. The van der Waals surface area contributed by atoms with Gasteiger partial charge in [0.15, 0.2) is 0 Å². The molecule has 19 heavy (non-hydrogen) atoms. The van der Waals surface area contributed by atoms with Gasteiger partial charge in [0.05, 0.1) is 0 Å². The molecule has 0 aromatic rings. The van der Waals surface area contributed by atoms with Gasteiger partial charge in [-0.05, 0) is 12.8 Å². The maximum absolute atomic E-state index is 10.1. The molecule has 0 saturated carbocycles. The fourth-order valence-electron chi connectivity index (χ4n) is 2.40. The van der Waals surface area contributed by atoms with Crippen molar-refractivity contribution in [2.45, 2.75) is 96.3 Å². The summed E-state index contributed by atoms with van der Waals surface area (Å²) in [5.41, 5.74) is 0. The van der Waals surface area contributed by atoms with Crippen molar-refractivity contribution in [2.24, 2.45) is 0 Å². The molecule has 0 saturated heterocycles. The smallest absolute Gasteiger partial charge is 0.119 e. The Morgan fingerprint density at radius 1 is 0.632 bits per heavy atom. The van der Waals surface area contributed by atoms with E-state index in [0.29, 0.717) is 0 Å². The minimum atomic E-state index is 0.751. The molecule has 0 heterocycles. The Morgan fingerprint density at radius 3 is 1.37 bits per heavy atom. The molecule has 0 unspecified atom stereocenters. The molecule has 0 spiro atoms. The molecule has 0 amide bonds. The molecule has 110 valence electrons. The maximum Gasteiger partial charge on any atom is 0.119 e. The molecule has 0 fully saturated rings. The van der Waals surface area contributed by atoms with Crippen LogP contribution >= 0.6 is 0 Å². The van der Waals surface area contributed by atoms with Crippen molar-refractivity contribution in [2.75, 3.05) is 0 Å². The average Bonchev–Trinajstić information content (AvgIpc) is 2.43. The third-order valence-electron chi connectivity index (χ3n) is 3.64. The molecule has 0 aromatic heterocycles. The molecule has 0 N–H and O–H groups in total. The molecule has 1 nitrogen and oxygen atoms in total. The zero-order valence-electron chi connectivity index (χ0n) is 12.7. The SMILES string of the molecule is C#CCCCCCCCCCCCCCCCC=O. The number of carbonyl (C=O) groups is 1. The van der Waals surface area contributed by atoms with Gasteiger partial charge < -0.3 is 4.79 Å². The number of unbranched alkanes of at least 4 members (excludes halogenated alkanes) is 14. The van der Waals surface area contributed by atoms with Gasteiger partial charge in [0.2, 0.25) is 0 Å². The zero-order chi connectivity index (χ0) is 14.0. The van der Waals surface area contributed by atoms with Crippen molar-refractivity contribution in [1.82, 2.24) is 0 Å². The Morgan fingerprint density at radius 2 is 1.00 bits per heavy atom. The van der Waals surface area contributed by atoms with Crippen LogP contribution in [0.3, 0.4) is 0 Å². The van der Waals surface area contributed by atoms with Crippen molar-refractivity contribution in [3.63, 3.8) is 0 Å². The third-order valence-corrected chi connectivity index (χ3v) is 3.64. The van der Waals surface area contributed by atoms with Gasteiger partial charge in [-0.25, -0.2) is 0 Å². The van der Waals surface area contributed by atoms with Crippen LogP contribution in [0.1, 0.15) is 96.3 Å². The van der Waals surface area contributed by atoms with E-state index in [4.69, 9.17) is 6.42 Å². The van der Waals surface area contributed by atoms with E-state index in [1.54, 1.807) is 0 Å². The van der Waals surface area contributed by atoms with Crippen LogP contribution in [0.5, 0.6) is 0 Å². The lowest BCUT2D eigenvalue weighted by atomic mass is 10.0. The van der Waals surface area contributed by atoms with E-state index in [2.05, 4.69) is 5.92 Å². The molecule has 0 aromatic carbocycles. The summed E-state index contributed by atoms with van der Waals surface area (Å²) in [6.07, 6.45) is 25.2. The molecule has 1 heteroatoms. The molecule has 0 radical (unpaired) electrons. The summed E-state index contributed by atoms with van der Waals surface area (Å²) in [5.74, 6) is 2.70. The monoisotopic (exact) mass is 264 g/mol. The van der Waals surface area contributed by atoms with Crippen LogP contribution in [-0.2, 0) is 4.79 Å². The quantitative estimate of drug-likeness (QED) is 0.211.